The number of benzene rings is 3. The quantitative estimate of drug-likeness (QED) is 0.336. The summed E-state index contributed by atoms with van der Waals surface area (Å²) in [6.45, 7) is 2.87. The number of hydrogen-bond donors (Lipinski definition) is 1. The summed E-state index contributed by atoms with van der Waals surface area (Å²) in [5.41, 5.74) is 7.64. The lowest BCUT2D eigenvalue weighted by atomic mass is 9.87. The second-order valence-electron chi connectivity index (χ2n) is 10.3. The van der Waals surface area contributed by atoms with Crippen molar-refractivity contribution in [3.05, 3.63) is 99.6 Å². The number of pyridine rings is 2. The molecule has 0 atom stereocenters. The number of rotatable bonds is 5. The van der Waals surface area contributed by atoms with Crippen LogP contribution in [0.3, 0.4) is 0 Å². The van der Waals surface area contributed by atoms with Gasteiger partial charge in [0.2, 0.25) is 0 Å². The van der Waals surface area contributed by atoms with Crippen molar-refractivity contribution in [1.82, 2.24) is 19.3 Å². The van der Waals surface area contributed by atoms with Gasteiger partial charge in [-0.3, -0.25) is 19.3 Å². The zero-order valence-corrected chi connectivity index (χ0v) is 22.1. The van der Waals surface area contributed by atoms with Gasteiger partial charge in [-0.1, -0.05) is 12.1 Å². The van der Waals surface area contributed by atoms with Crippen LogP contribution < -0.4 is 10.3 Å². The van der Waals surface area contributed by atoms with E-state index in [0.29, 0.717) is 18.7 Å². The predicted molar refractivity (Wildman–Crippen MR) is 154 cm³/mol. The minimum Gasteiger partial charge on any atom is -0.493 e. The number of hydrogen-bond acceptors (Lipinski definition) is 5. The van der Waals surface area contributed by atoms with Crippen LogP contribution in [-0.4, -0.2) is 37.0 Å². The van der Waals surface area contributed by atoms with Crippen molar-refractivity contribution in [1.29, 1.82) is 0 Å². The van der Waals surface area contributed by atoms with Crippen molar-refractivity contribution in [2.75, 3.05) is 6.61 Å². The summed E-state index contributed by atoms with van der Waals surface area (Å²) in [5, 5.41) is 17.0. The summed E-state index contributed by atoms with van der Waals surface area (Å²) < 4.78 is 9.53. The van der Waals surface area contributed by atoms with Crippen LogP contribution in [0.2, 0.25) is 0 Å². The molecule has 0 amide bonds. The summed E-state index contributed by atoms with van der Waals surface area (Å²) >= 11 is 0. The van der Waals surface area contributed by atoms with E-state index >= 15 is 0 Å². The van der Waals surface area contributed by atoms with Gasteiger partial charge >= 0.3 is 5.97 Å². The molecule has 0 unspecified atom stereocenters. The average Bonchev–Trinajstić information content (AvgIpc) is 3.33. The number of aliphatic carboxylic acids is 1. The van der Waals surface area contributed by atoms with Crippen molar-refractivity contribution in [2.45, 2.75) is 26.3 Å². The minimum absolute atomic E-state index is 0.131. The number of fused-ring (bicyclic) bond motifs is 2. The van der Waals surface area contributed by atoms with Crippen LogP contribution in [0.25, 0.3) is 43.8 Å². The van der Waals surface area contributed by atoms with Crippen LogP contribution in [0, 0.1) is 6.92 Å². The number of carboxylic acid groups (broad SMARTS) is 1. The lowest BCUT2D eigenvalue weighted by Crippen LogP contribution is -2.21. The van der Waals surface area contributed by atoms with Gasteiger partial charge < -0.3 is 14.4 Å². The Hall–Kier alpha value is -4.98. The Morgan fingerprint density at radius 2 is 1.95 bits per heavy atom. The van der Waals surface area contributed by atoms with Crippen LogP contribution in [0.5, 0.6) is 5.75 Å². The molecule has 0 radical (unpaired) electrons. The lowest BCUT2D eigenvalue weighted by molar-refractivity contribution is -0.136. The maximum absolute atomic E-state index is 13.4. The summed E-state index contributed by atoms with van der Waals surface area (Å²) in [4.78, 5) is 30.2. The second kappa shape index (κ2) is 9.05. The van der Waals surface area contributed by atoms with E-state index in [4.69, 9.17) is 9.72 Å². The SMILES string of the molecule is Cc1cc2c(ccc(=O)n2Cc2cccc3c2cnn3C)c(-c2ccc3c4c(ccnc24)CCO3)c1CC(=O)O. The number of carbonyl (C=O) groups is 1. The zero-order valence-electron chi connectivity index (χ0n) is 22.1. The Kier molecular flexibility index (Phi) is 5.45. The van der Waals surface area contributed by atoms with Crippen LogP contribution >= 0.6 is 0 Å². The van der Waals surface area contributed by atoms with E-state index in [1.807, 2.05) is 73.4 Å². The highest BCUT2D eigenvalue weighted by Crippen LogP contribution is 2.42. The first-order chi connectivity index (χ1) is 19.4. The van der Waals surface area contributed by atoms with Gasteiger partial charge in [-0.2, -0.15) is 5.10 Å². The third-order valence-electron chi connectivity index (χ3n) is 8.00. The van der Waals surface area contributed by atoms with Gasteiger partial charge in [0.25, 0.3) is 5.56 Å². The molecular formula is C32H26N4O4. The Morgan fingerprint density at radius 1 is 1.07 bits per heavy atom. The maximum Gasteiger partial charge on any atom is 0.307 e. The molecule has 4 heterocycles. The first kappa shape index (κ1) is 24.1. The van der Waals surface area contributed by atoms with E-state index in [-0.39, 0.29) is 12.0 Å². The monoisotopic (exact) mass is 530 g/mol. The number of aromatic nitrogens is 4. The van der Waals surface area contributed by atoms with Gasteiger partial charge in [0.15, 0.2) is 0 Å². The van der Waals surface area contributed by atoms with Crippen molar-refractivity contribution in [2.24, 2.45) is 7.05 Å². The molecule has 0 saturated carbocycles. The fourth-order valence-electron chi connectivity index (χ4n) is 6.11. The highest BCUT2D eigenvalue weighted by molar-refractivity contribution is 6.08. The van der Waals surface area contributed by atoms with Gasteiger partial charge in [0, 0.05) is 47.5 Å². The molecule has 8 heteroatoms. The van der Waals surface area contributed by atoms with Crippen molar-refractivity contribution < 1.29 is 14.6 Å². The predicted octanol–water partition coefficient (Wildman–Crippen LogP) is 5.02. The fraction of sp³-hybridized carbons (Fsp3) is 0.188. The standard InChI is InChI=1S/C32H26N4O4/c1-18-14-26-21(7-9-28(37)36(26)17-20-4-3-5-25-24(20)16-34-35(25)2)31(23(18)15-29(38)39)22-6-8-27-30-19(11-13-40-27)10-12-33-32(22)30/h3-10,12,14,16H,11,13,15,17H2,1-2H3,(H,38,39). The largest absolute Gasteiger partial charge is 0.493 e. The Labute approximate surface area is 229 Å². The van der Waals surface area contributed by atoms with Gasteiger partial charge in [-0.25, -0.2) is 0 Å². The first-order valence-electron chi connectivity index (χ1n) is 13.2. The second-order valence-corrected chi connectivity index (χ2v) is 10.3. The molecule has 3 aromatic carbocycles. The van der Waals surface area contributed by atoms with E-state index in [1.54, 1.807) is 16.8 Å². The minimum atomic E-state index is -0.917. The van der Waals surface area contributed by atoms with E-state index in [2.05, 4.69) is 5.10 Å². The summed E-state index contributed by atoms with van der Waals surface area (Å²) in [5.74, 6) is -0.134. The molecule has 0 saturated heterocycles. The third-order valence-corrected chi connectivity index (χ3v) is 8.00. The molecule has 0 aliphatic carbocycles. The van der Waals surface area contributed by atoms with Gasteiger partial charge in [0.05, 0.1) is 42.3 Å². The maximum atomic E-state index is 13.4. The molecular weight excluding hydrogens is 504 g/mol. The highest BCUT2D eigenvalue weighted by Gasteiger charge is 2.23. The van der Waals surface area contributed by atoms with Crippen LogP contribution in [0.15, 0.2) is 71.8 Å². The summed E-state index contributed by atoms with van der Waals surface area (Å²) in [7, 11) is 1.90. The van der Waals surface area contributed by atoms with Gasteiger partial charge in [-0.15, -0.1) is 0 Å². The number of nitrogens with zero attached hydrogens (tertiary/aromatic N) is 4. The number of carboxylic acids is 1. The summed E-state index contributed by atoms with van der Waals surface area (Å²) in [6, 6.07) is 17.2. The van der Waals surface area contributed by atoms with Crippen LogP contribution in [0.4, 0.5) is 0 Å². The van der Waals surface area contributed by atoms with Crippen LogP contribution in [0.1, 0.15) is 22.3 Å². The number of ether oxygens (including phenoxy) is 1. The molecule has 0 bridgehead atoms. The third kappa shape index (κ3) is 3.67. The molecule has 7 rings (SSSR count). The molecule has 3 aromatic heterocycles. The molecule has 40 heavy (non-hydrogen) atoms. The molecule has 1 aliphatic heterocycles. The van der Waals surface area contributed by atoms with Gasteiger partial charge in [0.1, 0.15) is 5.75 Å². The van der Waals surface area contributed by atoms with Crippen molar-refractivity contribution in [3.8, 4) is 16.9 Å². The van der Waals surface area contributed by atoms with E-state index < -0.39 is 5.97 Å². The molecule has 6 aromatic rings. The van der Waals surface area contributed by atoms with Crippen molar-refractivity contribution in [3.63, 3.8) is 0 Å². The Balaban J connectivity index is 1.54. The normalized spacial score (nSPS) is 12.8. The van der Waals surface area contributed by atoms with E-state index in [0.717, 1.165) is 72.7 Å². The highest BCUT2D eigenvalue weighted by atomic mass is 16.5. The van der Waals surface area contributed by atoms with Gasteiger partial charge in [-0.05, 0) is 71.1 Å². The fourth-order valence-corrected chi connectivity index (χ4v) is 6.11. The molecule has 1 aliphatic rings. The molecule has 8 nitrogen and oxygen atoms in total. The average molecular weight is 531 g/mol. The topological polar surface area (TPSA) is 99.2 Å². The Bertz CT molecular complexity index is 2060. The molecule has 0 spiro atoms. The van der Waals surface area contributed by atoms with E-state index in [9.17, 15) is 14.7 Å². The molecule has 1 N–H and O–H groups in total. The summed E-state index contributed by atoms with van der Waals surface area (Å²) in [6.07, 6.45) is 4.26. The van der Waals surface area contributed by atoms with Crippen LogP contribution in [-0.2, 0) is 31.2 Å². The lowest BCUT2D eigenvalue weighted by Gasteiger charge is -2.22. The smallest absolute Gasteiger partial charge is 0.307 e. The molecule has 198 valence electrons. The first-order valence-corrected chi connectivity index (χ1v) is 13.2. The molecule has 0 fully saturated rings. The Morgan fingerprint density at radius 3 is 2.80 bits per heavy atom. The van der Waals surface area contributed by atoms with Crippen molar-refractivity contribution >= 4 is 38.7 Å². The number of aryl methyl sites for hydroxylation is 2. The van der Waals surface area contributed by atoms with E-state index in [1.165, 1.54) is 0 Å². The zero-order chi connectivity index (χ0) is 27.5.